The smallest absolute Gasteiger partial charge is 0.281 e. The van der Waals surface area contributed by atoms with E-state index in [1.807, 2.05) is 38.1 Å². The van der Waals surface area contributed by atoms with Gasteiger partial charge in [-0.3, -0.25) is 4.79 Å². The first-order valence-electron chi connectivity index (χ1n) is 11.2. The van der Waals surface area contributed by atoms with Gasteiger partial charge in [0, 0.05) is 48.3 Å². The van der Waals surface area contributed by atoms with E-state index in [1.54, 1.807) is 13.3 Å². The number of anilines is 1. The summed E-state index contributed by atoms with van der Waals surface area (Å²) in [4.78, 5) is 15.8. The molecule has 1 aliphatic rings. The zero-order chi connectivity index (χ0) is 22.9. The molecule has 7 nitrogen and oxygen atoms in total. The van der Waals surface area contributed by atoms with Crippen molar-refractivity contribution >= 4 is 16.5 Å². The lowest BCUT2D eigenvalue weighted by Gasteiger charge is -2.29. The molecular formula is C26H28N4O3. The Morgan fingerprint density at radius 3 is 2.42 bits per heavy atom. The maximum atomic E-state index is 13.5. The molecule has 170 valence electrons. The summed E-state index contributed by atoms with van der Waals surface area (Å²) in [5.74, 6) is 0. The maximum Gasteiger partial charge on any atom is 0.281 e. The predicted molar refractivity (Wildman–Crippen MR) is 130 cm³/mol. The Morgan fingerprint density at radius 1 is 0.970 bits per heavy atom. The summed E-state index contributed by atoms with van der Waals surface area (Å²) in [6.07, 6.45) is 1.80. The van der Waals surface area contributed by atoms with Gasteiger partial charge in [0.25, 0.3) is 5.56 Å². The van der Waals surface area contributed by atoms with E-state index >= 15 is 0 Å². The van der Waals surface area contributed by atoms with Gasteiger partial charge in [0.05, 0.1) is 37.1 Å². The van der Waals surface area contributed by atoms with Crippen molar-refractivity contribution in [3.63, 3.8) is 0 Å². The molecule has 1 aliphatic heterocycles. The molecule has 2 aromatic carbocycles. The molecule has 2 aromatic heterocycles. The average Bonchev–Trinajstić information content (AvgIpc) is 3.11. The largest absolute Gasteiger partial charge is 0.380 e. The van der Waals surface area contributed by atoms with Crippen LogP contribution in [-0.2, 0) is 16.1 Å². The fourth-order valence-corrected chi connectivity index (χ4v) is 4.68. The number of hydrogen-bond donors (Lipinski definition) is 0. The van der Waals surface area contributed by atoms with Crippen LogP contribution in [0.3, 0.4) is 0 Å². The number of aryl methyl sites for hydroxylation is 2. The van der Waals surface area contributed by atoms with Gasteiger partial charge in [-0.2, -0.15) is 9.78 Å². The van der Waals surface area contributed by atoms with Crippen molar-refractivity contribution in [3.8, 4) is 11.4 Å². The van der Waals surface area contributed by atoms with Crippen LogP contribution in [0.1, 0.15) is 17.0 Å². The number of aromatic nitrogens is 3. The van der Waals surface area contributed by atoms with Crippen LogP contribution in [0.2, 0.25) is 0 Å². The summed E-state index contributed by atoms with van der Waals surface area (Å²) in [7, 11) is 1.67. The van der Waals surface area contributed by atoms with E-state index < -0.39 is 0 Å². The zero-order valence-corrected chi connectivity index (χ0v) is 19.2. The third-order valence-electron chi connectivity index (χ3n) is 6.36. The van der Waals surface area contributed by atoms with E-state index in [9.17, 15) is 4.79 Å². The van der Waals surface area contributed by atoms with Crippen LogP contribution < -0.4 is 10.5 Å². The lowest BCUT2D eigenvalue weighted by Crippen LogP contribution is -2.36. The van der Waals surface area contributed by atoms with Gasteiger partial charge in [0.2, 0.25) is 0 Å². The number of hydrogen-bond acceptors (Lipinski definition) is 5. The predicted octanol–water partition coefficient (Wildman–Crippen LogP) is 3.78. The highest BCUT2D eigenvalue weighted by Crippen LogP contribution is 2.28. The fourth-order valence-electron chi connectivity index (χ4n) is 4.68. The molecule has 0 unspecified atom stereocenters. The zero-order valence-electron chi connectivity index (χ0n) is 19.2. The highest BCUT2D eigenvalue weighted by Gasteiger charge is 2.19. The van der Waals surface area contributed by atoms with Crippen LogP contribution in [0.5, 0.6) is 0 Å². The van der Waals surface area contributed by atoms with Crippen LogP contribution in [0, 0.1) is 13.8 Å². The van der Waals surface area contributed by atoms with Crippen LogP contribution in [0.15, 0.2) is 59.5 Å². The van der Waals surface area contributed by atoms with Crippen molar-refractivity contribution < 1.29 is 9.47 Å². The Morgan fingerprint density at radius 2 is 1.70 bits per heavy atom. The molecule has 0 spiro atoms. The third-order valence-corrected chi connectivity index (χ3v) is 6.36. The second-order valence-electron chi connectivity index (χ2n) is 8.38. The number of fused-ring (bicyclic) bond motifs is 1. The molecule has 0 radical (unpaired) electrons. The van der Waals surface area contributed by atoms with Crippen molar-refractivity contribution in [1.29, 1.82) is 0 Å². The van der Waals surface area contributed by atoms with Crippen LogP contribution >= 0.6 is 0 Å². The summed E-state index contributed by atoms with van der Waals surface area (Å²) in [6, 6.07) is 16.2. The van der Waals surface area contributed by atoms with Gasteiger partial charge in [-0.1, -0.05) is 18.2 Å². The first-order valence-corrected chi connectivity index (χ1v) is 11.2. The van der Waals surface area contributed by atoms with Crippen molar-refractivity contribution in [2.24, 2.45) is 0 Å². The van der Waals surface area contributed by atoms with E-state index in [4.69, 9.17) is 9.47 Å². The van der Waals surface area contributed by atoms with Crippen molar-refractivity contribution in [1.82, 2.24) is 14.3 Å². The first kappa shape index (κ1) is 21.4. The second kappa shape index (κ2) is 8.84. The molecule has 33 heavy (non-hydrogen) atoms. The number of morpholine rings is 1. The first-order chi connectivity index (χ1) is 16.1. The molecule has 0 saturated carbocycles. The van der Waals surface area contributed by atoms with Crippen LogP contribution in [0.25, 0.3) is 22.1 Å². The molecule has 1 saturated heterocycles. The number of rotatable bonds is 5. The molecule has 0 atom stereocenters. The summed E-state index contributed by atoms with van der Waals surface area (Å²) in [5, 5.41) is 6.06. The number of ether oxygens (including phenoxy) is 2. The molecule has 1 fully saturated rings. The van der Waals surface area contributed by atoms with E-state index in [-0.39, 0.29) is 5.56 Å². The van der Waals surface area contributed by atoms with Gasteiger partial charge in [-0.15, -0.1) is 0 Å². The van der Waals surface area contributed by atoms with E-state index in [0.29, 0.717) is 12.0 Å². The van der Waals surface area contributed by atoms with Gasteiger partial charge < -0.3 is 18.9 Å². The number of benzene rings is 2. The van der Waals surface area contributed by atoms with Crippen molar-refractivity contribution in [3.05, 3.63) is 82.0 Å². The number of methoxy groups -OCH3 is 1. The Labute approximate surface area is 192 Å². The Bertz CT molecular complexity index is 1350. The van der Waals surface area contributed by atoms with Gasteiger partial charge >= 0.3 is 0 Å². The molecule has 0 N–H and O–H groups in total. The maximum absolute atomic E-state index is 13.5. The fraction of sp³-hybridized carbons (Fsp3) is 0.308. The molecule has 0 amide bonds. The van der Waals surface area contributed by atoms with Crippen LogP contribution in [-0.4, -0.2) is 47.8 Å². The minimum Gasteiger partial charge on any atom is -0.380 e. The molecule has 0 aliphatic carbocycles. The van der Waals surface area contributed by atoms with E-state index in [0.717, 1.165) is 60.0 Å². The summed E-state index contributed by atoms with van der Waals surface area (Å²) in [5.41, 5.74) is 5.80. The summed E-state index contributed by atoms with van der Waals surface area (Å²) >= 11 is 0. The topological polar surface area (TPSA) is 61.5 Å². The van der Waals surface area contributed by atoms with Crippen molar-refractivity contribution in [2.45, 2.75) is 20.5 Å². The molecule has 5 rings (SSSR count). The molecule has 3 heterocycles. The summed E-state index contributed by atoms with van der Waals surface area (Å²) in [6.45, 7) is 7.83. The minimum atomic E-state index is -0.115. The molecular weight excluding hydrogens is 416 g/mol. The van der Waals surface area contributed by atoms with Gasteiger partial charge in [0.15, 0.2) is 0 Å². The highest BCUT2D eigenvalue weighted by molar-refractivity contribution is 5.88. The average molecular weight is 445 g/mol. The third kappa shape index (κ3) is 3.83. The van der Waals surface area contributed by atoms with Crippen LogP contribution in [0.4, 0.5) is 5.69 Å². The SMILES string of the molecule is COCc1ccc(-n2ncc3c(C)n(-c4cccc(N5CCOCC5)c4)c(C)c3c2=O)cc1. The lowest BCUT2D eigenvalue weighted by molar-refractivity contribution is 0.122. The van der Waals surface area contributed by atoms with Gasteiger partial charge in [0.1, 0.15) is 0 Å². The molecule has 4 aromatic rings. The van der Waals surface area contributed by atoms with Crippen molar-refractivity contribution in [2.75, 3.05) is 38.3 Å². The second-order valence-corrected chi connectivity index (χ2v) is 8.38. The van der Waals surface area contributed by atoms with Gasteiger partial charge in [-0.05, 0) is 49.7 Å². The molecule has 0 bridgehead atoms. The Hall–Kier alpha value is -3.42. The number of nitrogens with zero attached hydrogens (tertiary/aromatic N) is 4. The monoisotopic (exact) mass is 444 g/mol. The minimum absolute atomic E-state index is 0.115. The quantitative estimate of drug-likeness (QED) is 0.469. The lowest BCUT2D eigenvalue weighted by atomic mass is 10.2. The summed E-state index contributed by atoms with van der Waals surface area (Å²) < 4.78 is 14.3. The highest BCUT2D eigenvalue weighted by atomic mass is 16.5. The van der Waals surface area contributed by atoms with Gasteiger partial charge in [-0.25, -0.2) is 0 Å². The van der Waals surface area contributed by atoms with E-state index in [1.165, 1.54) is 10.4 Å². The van der Waals surface area contributed by atoms with E-state index in [2.05, 4.69) is 38.8 Å². The Balaban J connectivity index is 1.59. The Kier molecular flexibility index (Phi) is 5.74. The standard InChI is InChI=1S/C26H28N4O3/c1-18-24-16-27-30(21-9-7-20(8-10-21)17-32-3)26(31)25(24)19(2)29(18)23-6-4-5-22(15-23)28-11-13-33-14-12-28/h4-10,15-16H,11-14,17H2,1-3H3. The molecule has 7 heteroatoms. The normalized spacial score (nSPS) is 14.2.